The largest absolute Gasteiger partial charge is 0.440 e. The number of carbonyl (C=O) groups is 1. The van der Waals surface area contributed by atoms with Crippen LogP contribution in [0, 0.1) is 11.3 Å². The molecular weight excluding hydrogens is 475 g/mol. The molecule has 2 aromatic heterocycles. The number of nitrogens with zero attached hydrogens (tertiary/aromatic N) is 7. The first-order chi connectivity index (χ1) is 17.1. The quantitative estimate of drug-likeness (QED) is 0.624. The van der Waals surface area contributed by atoms with E-state index in [1.165, 1.54) is 11.2 Å². The summed E-state index contributed by atoms with van der Waals surface area (Å²) < 4.78 is 42.1. The number of halogens is 3. The molecule has 0 bridgehead atoms. The van der Waals surface area contributed by atoms with E-state index in [9.17, 15) is 23.2 Å². The second-order valence-electron chi connectivity index (χ2n) is 9.80. The minimum Gasteiger partial charge on any atom is -0.440 e. The van der Waals surface area contributed by atoms with Crippen molar-refractivity contribution in [3.05, 3.63) is 35.8 Å². The first kappa shape index (κ1) is 24.1. The average molecular weight is 502 g/mol. The van der Waals surface area contributed by atoms with Gasteiger partial charge in [-0.3, -0.25) is 0 Å². The number of ether oxygens (including phenoxy) is 1. The SMILES string of the molecule is C[C@H]1CN(c2ncnc3c2C2(CCC2)CN3c2cc(C#N)ccn2)[C@@H](C)CN1C(=O)OCC(F)(F)F. The fraction of sp³-hybridized carbons (Fsp3) is 0.542. The molecule has 36 heavy (non-hydrogen) atoms. The summed E-state index contributed by atoms with van der Waals surface area (Å²) in [4.78, 5) is 31.6. The number of amides is 1. The van der Waals surface area contributed by atoms with E-state index in [2.05, 4.69) is 30.7 Å². The fourth-order valence-electron chi connectivity index (χ4n) is 5.46. The molecule has 9 nitrogen and oxygen atoms in total. The molecular formula is C24H26F3N7O2. The van der Waals surface area contributed by atoms with Crippen molar-refractivity contribution >= 4 is 23.5 Å². The predicted octanol–water partition coefficient (Wildman–Crippen LogP) is 3.91. The van der Waals surface area contributed by atoms with Gasteiger partial charge in [-0.15, -0.1) is 0 Å². The molecule has 190 valence electrons. The van der Waals surface area contributed by atoms with Gasteiger partial charge in [-0.2, -0.15) is 18.4 Å². The van der Waals surface area contributed by atoms with Gasteiger partial charge in [0.2, 0.25) is 0 Å². The summed E-state index contributed by atoms with van der Waals surface area (Å²) in [7, 11) is 0. The Morgan fingerprint density at radius 1 is 1.19 bits per heavy atom. The van der Waals surface area contributed by atoms with E-state index in [1.54, 1.807) is 25.3 Å². The lowest BCUT2D eigenvalue weighted by Crippen LogP contribution is -2.59. The highest BCUT2D eigenvalue weighted by Crippen LogP contribution is 2.56. The van der Waals surface area contributed by atoms with Crippen molar-refractivity contribution in [2.45, 2.75) is 56.8 Å². The Hall–Kier alpha value is -3.62. The van der Waals surface area contributed by atoms with Crippen molar-refractivity contribution in [2.75, 3.05) is 36.0 Å². The van der Waals surface area contributed by atoms with Crippen LogP contribution in [0.15, 0.2) is 24.7 Å². The van der Waals surface area contributed by atoms with E-state index in [0.717, 1.165) is 36.5 Å². The Morgan fingerprint density at radius 3 is 2.61 bits per heavy atom. The van der Waals surface area contributed by atoms with Crippen LogP contribution in [-0.2, 0) is 10.2 Å². The van der Waals surface area contributed by atoms with Crippen LogP contribution >= 0.6 is 0 Å². The van der Waals surface area contributed by atoms with Crippen LogP contribution in [0.3, 0.4) is 0 Å². The maximum Gasteiger partial charge on any atom is 0.422 e. The summed E-state index contributed by atoms with van der Waals surface area (Å²) >= 11 is 0. The zero-order chi connectivity index (χ0) is 25.7. The van der Waals surface area contributed by atoms with Crippen molar-refractivity contribution in [1.29, 1.82) is 5.26 Å². The summed E-state index contributed by atoms with van der Waals surface area (Å²) in [5.74, 6) is 2.19. The number of fused-ring (bicyclic) bond motifs is 2. The van der Waals surface area contributed by atoms with Gasteiger partial charge in [-0.05, 0) is 38.8 Å². The first-order valence-corrected chi connectivity index (χ1v) is 11.9. The third-order valence-corrected chi connectivity index (χ3v) is 7.37. The second-order valence-corrected chi connectivity index (χ2v) is 9.80. The predicted molar refractivity (Wildman–Crippen MR) is 124 cm³/mol. The molecule has 2 atom stereocenters. The monoisotopic (exact) mass is 501 g/mol. The topological polar surface area (TPSA) is 98.5 Å². The van der Waals surface area contributed by atoms with E-state index in [4.69, 9.17) is 0 Å². The van der Waals surface area contributed by atoms with Crippen LogP contribution < -0.4 is 9.80 Å². The number of pyridine rings is 1. The fourth-order valence-corrected chi connectivity index (χ4v) is 5.46. The first-order valence-electron chi connectivity index (χ1n) is 11.9. The zero-order valence-electron chi connectivity index (χ0n) is 20.0. The van der Waals surface area contributed by atoms with Crippen molar-refractivity contribution in [3.8, 4) is 6.07 Å². The molecule has 4 heterocycles. The third-order valence-electron chi connectivity index (χ3n) is 7.37. The van der Waals surface area contributed by atoms with Gasteiger partial charge in [0.1, 0.15) is 23.8 Å². The third kappa shape index (κ3) is 4.16. The van der Waals surface area contributed by atoms with Gasteiger partial charge in [0.05, 0.1) is 11.6 Å². The highest BCUT2D eigenvalue weighted by Gasteiger charge is 2.52. The number of carbonyl (C=O) groups excluding carboxylic acids is 1. The lowest BCUT2D eigenvalue weighted by atomic mass is 9.66. The van der Waals surface area contributed by atoms with Crippen molar-refractivity contribution in [1.82, 2.24) is 19.9 Å². The Bertz CT molecular complexity index is 1210. The van der Waals surface area contributed by atoms with E-state index >= 15 is 0 Å². The van der Waals surface area contributed by atoms with Crippen molar-refractivity contribution in [2.24, 2.45) is 0 Å². The lowest BCUT2D eigenvalue weighted by Gasteiger charge is -2.46. The Morgan fingerprint density at radius 2 is 1.94 bits per heavy atom. The maximum atomic E-state index is 12.5. The Labute approximate surface area is 206 Å². The molecule has 1 amide bonds. The summed E-state index contributed by atoms with van der Waals surface area (Å²) in [6.07, 6.45) is 0.613. The van der Waals surface area contributed by atoms with Crippen LogP contribution in [-0.4, -0.2) is 70.4 Å². The Balaban J connectivity index is 1.44. The van der Waals surface area contributed by atoms with Crippen LogP contribution in [0.25, 0.3) is 0 Å². The second kappa shape index (κ2) is 8.80. The molecule has 1 spiro atoms. The van der Waals surface area contributed by atoms with E-state index in [0.29, 0.717) is 24.5 Å². The van der Waals surface area contributed by atoms with E-state index < -0.39 is 18.9 Å². The number of alkyl halides is 3. The minimum atomic E-state index is -4.57. The number of aromatic nitrogens is 3. The molecule has 2 fully saturated rings. The van der Waals surface area contributed by atoms with Crippen LogP contribution in [0.2, 0.25) is 0 Å². The van der Waals surface area contributed by atoms with Gasteiger partial charge < -0.3 is 19.4 Å². The van der Waals surface area contributed by atoms with Gasteiger partial charge in [-0.25, -0.2) is 19.7 Å². The summed E-state index contributed by atoms with van der Waals surface area (Å²) in [6, 6.07) is 4.98. The number of hydrogen-bond donors (Lipinski definition) is 0. The van der Waals surface area contributed by atoms with E-state index in [1.807, 2.05) is 11.8 Å². The maximum absolute atomic E-state index is 12.5. The number of rotatable bonds is 3. The standard InChI is InChI=1S/C24H26F3N7O2/c1-15-11-33(22(35)36-13-24(25,26)27)16(2)10-32(15)20-19-21(31-14-30-20)34(12-23(19)5-3-6-23)18-8-17(9-28)4-7-29-18/h4,7-8,14-16H,3,5-6,10-13H2,1-2H3/t15-,16-/m0/s1. The van der Waals surface area contributed by atoms with Gasteiger partial charge in [0.25, 0.3) is 0 Å². The van der Waals surface area contributed by atoms with Crippen LogP contribution in [0.5, 0.6) is 0 Å². The molecule has 0 unspecified atom stereocenters. The number of hydrogen-bond acceptors (Lipinski definition) is 8. The summed E-state index contributed by atoms with van der Waals surface area (Å²) in [5, 5.41) is 9.34. The van der Waals surface area contributed by atoms with Crippen LogP contribution in [0.1, 0.15) is 44.2 Å². The highest BCUT2D eigenvalue weighted by molar-refractivity contribution is 5.75. The van der Waals surface area contributed by atoms with Gasteiger partial charge in [-0.1, -0.05) is 6.42 Å². The molecule has 1 saturated heterocycles. The van der Waals surface area contributed by atoms with Crippen molar-refractivity contribution < 1.29 is 22.7 Å². The lowest BCUT2D eigenvalue weighted by molar-refractivity contribution is -0.163. The smallest absolute Gasteiger partial charge is 0.422 e. The molecule has 12 heteroatoms. The van der Waals surface area contributed by atoms with Crippen LogP contribution in [0.4, 0.5) is 35.4 Å². The zero-order valence-corrected chi connectivity index (χ0v) is 20.0. The Kier molecular flexibility index (Phi) is 5.89. The molecule has 0 aromatic carbocycles. The van der Waals surface area contributed by atoms with Crippen molar-refractivity contribution in [3.63, 3.8) is 0 Å². The average Bonchev–Trinajstić information content (AvgIpc) is 3.20. The normalized spacial score (nSPS) is 22.7. The molecule has 1 aliphatic carbocycles. The summed E-state index contributed by atoms with van der Waals surface area (Å²) in [5.41, 5.74) is 1.41. The molecule has 5 rings (SSSR count). The number of nitriles is 1. The van der Waals surface area contributed by atoms with Gasteiger partial charge in [0.15, 0.2) is 6.61 Å². The molecule has 2 aliphatic heterocycles. The molecule has 0 radical (unpaired) electrons. The van der Waals surface area contributed by atoms with Gasteiger partial charge in [0, 0.05) is 48.9 Å². The van der Waals surface area contributed by atoms with Gasteiger partial charge >= 0.3 is 12.3 Å². The number of anilines is 3. The number of piperazine rings is 1. The molecule has 3 aliphatic rings. The molecule has 1 saturated carbocycles. The highest BCUT2D eigenvalue weighted by atomic mass is 19.4. The molecule has 0 N–H and O–H groups in total. The summed E-state index contributed by atoms with van der Waals surface area (Å²) in [6.45, 7) is 3.39. The van der Waals surface area contributed by atoms with E-state index in [-0.39, 0.29) is 24.0 Å². The minimum absolute atomic E-state index is 0.137. The molecule has 2 aromatic rings.